The zero-order valence-electron chi connectivity index (χ0n) is 18.4. The summed E-state index contributed by atoms with van der Waals surface area (Å²) >= 11 is 0. The molecule has 1 heterocycles. The van der Waals surface area contributed by atoms with Gasteiger partial charge in [-0.1, -0.05) is 12.8 Å². The predicted octanol–water partition coefficient (Wildman–Crippen LogP) is 3.06. The van der Waals surface area contributed by atoms with Crippen LogP contribution in [0.3, 0.4) is 0 Å². The maximum atomic E-state index is 13.3. The van der Waals surface area contributed by atoms with Crippen molar-refractivity contribution in [3.05, 3.63) is 23.8 Å². The molecule has 30 heavy (non-hydrogen) atoms. The fraction of sp³-hybridized carbons (Fsp3) is 0.565. The largest absolute Gasteiger partial charge is 0.496 e. The van der Waals surface area contributed by atoms with Gasteiger partial charge in [0.1, 0.15) is 11.5 Å². The molecule has 0 saturated heterocycles. The van der Waals surface area contributed by atoms with E-state index in [1.165, 1.54) is 6.08 Å². The van der Waals surface area contributed by atoms with Crippen molar-refractivity contribution in [3.8, 4) is 11.5 Å². The molecule has 1 atom stereocenters. The van der Waals surface area contributed by atoms with Crippen LogP contribution in [0.15, 0.2) is 18.2 Å². The van der Waals surface area contributed by atoms with Crippen molar-refractivity contribution in [3.63, 3.8) is 0 Å². The Labute approximate surface area is 178 Å². The fourth-order valence-corrected chi connectivity index (χ4v) is 4.22. The Hall–Kier alpha value is -2.70. The Morgan fingerprint density at radius 3 is 2.50 bits per heavy atom. The lowest BCUT2D eigenvalue weighted by Crippen LogP contribution is -2.53. The summed E-state index contributed by atoms with van der Waals surface area (Å²) in [6.45, 7) is 5.06. The summed E-state index contributed by atoms with van der Waals surface area (Å²) in [5, 5.41) is 6.65. The van der Waals surface area contributed by atoms with Crippen LogP contribution in [-0.4, -0.2) is 56.6 Å². The highest BCUT2D eigenvalue weighted by Gasteiger charge is 2.38. The number of ether oxygens (including phenoxy) is 2. The Kier molecular flexibility index (Phi) is 6.90. The zero-order chi connectivity index (χ0) is 21.7. The van der Waals surface area contributed by atoms with Gasteiger partial charge < -0.3 is 25.0 Å². The third-order valence-electron chi connectivity index (χ3n) is 6.13. The summed E-state index contributed by atoms with van der Waals surface area (Å²) in [5.41, 5.74) is 0.637. The number of likely N-dealkylation sites (N-methyl/N-ethyl adjacent to an activating group) is 1. The fourth-order valence-electron chi connectivity index (χ4n) is 4.22. The molecule has 1 aliphatic carbocycles. The number of hydrogen-bond donors (Lipinski definition) is 2. The van der Waals surface area contributed by atoms with E-state index >= 15 is 0 Å². The highest BCUT2D eigenvalue weighted by molar-refractivity contribution is 5.95. The molecule has 1 aromatic carbocycles. The van der Waals surface area contributed by atoms with Crippen LogP contribution in [0.2, 0.25) is 0 Å². The van der Waals surface area contributed by atoms with E-state index in [1.807, 2.05) is 26.0 Å². The van der Waals surface area contributed by atoms with E-state index in [0.717, 1.165) is 31.2 Å². The molecule has 1 aliphatic heterocycles. The average molecular weight is 416 g/mol. The summed E-state index contributed by atoms with van der Waals surface area (Å²) in [6, 6.07) is 3.85. The molecule has 1 saturated carbocycles. The second-order valence-electron chi connectivity index (χ2n) is 8.31. The number of anilines is 1. The number of carbonyl (C=O) groups is 2. The van der Waals surface area contributed by atoms with E-state index in [9.17, 15) is 9.59 Å². The molecule has 7 heteroatoms. The average Bonchev–Trinajstić information content (AvgIpc) is 3.26. The third kappa shape index (κ3) is 4.55. The van der Waals surface area contributed by atoms with Crippen molar-refractivity contribution in [1.29, 1.82) is 0 Å². The van der Waals surface area contributed by atoms with E-state index in [4.69, 9.17) is 9.47 Å². The molecular weight excluding hydrogens is 382 g/mol. The lowest BCUT2D eigenvalue weighted by atomic mass is 9.87. The maximum Gasteiger partial charge on any atom is 0.246 e. The van der Waals surface area contributed by atoms with Crippen LogP contribution in [0.1, 0.15) is 45.1 Å². The van der Waals surface area contributed by atoms with Crippen molar-refractivity contribution in [1.82, 2.24) is 10.2 Å². The number of fused-ring (bicyclic) bond motifs is 1. The second kappa shape index (κ2) is 9.41. The molecule has 0 aromatic heterocycles. The molecular formula is C23H33N3O4. The monoisotopic (exact) mass is 415 g/mol. The first kappa shape index (κ1) is 22.0. The number of rotatable bonds is 5. The van der Waals surface area contributed by atoms with Gasteiger partial charge in [0.15, 0.2) is 0 Å². The SMILES string of the molecule is CCN1CC(C)(C(=O)NC2CCCC2)CNc2c(OC)ccc(OC)c2/C=C/C1=O. The van der Waals surface area contributed by atoms with Gasteiger partial charge >= 0.3 is 0 Å². The number of benzene rings is 1. The van der Waals surface area contributed by atoms with Crippen LogP contribution >= 0.6 is 0 Å². The van der Waals surface area contributed by atoms with Gasteiger partial charge in [-0.3, -0.25) is 9.59 Å². The van der Waals surface area contributed by atoms with E-state index in [2.05, 4.69) is 10.6 Å². The van der Waals surface area contributed by atoms with Gasteiger partial charge in [0.25, 0.3) is 0 Å². The van der Waals surface area contributed by atoms with Gasteiger partial charge in [-0.2, -0.15) is 0 Å². The first-order valence-electron chi connectivity index (χ1n) is 10.7. The van der Waals surface area contributed by atoms with Gasteiger partial charge in [0.05, 0.1) is 25.3 Å². The van der Waals surface area contributed by atoms with Gasteiger partial charge in [0.2, 0.25) is 11.8 Å². The lowest BCUT2D eigenvalue weighted by Gasteiger charge is -2.36. The standard InChI is InChI=1S/C23H33N3O4/c1-5-26-15-23(2,22(28)25-16-8-6-7-9-16)14-24-21-17(10-13-20(26)27)18(29-3)11-12-19(21)30-4/h10-13,16,24H,5-9,14-15H2,1-4H3,(H,25,28)/b13-10+. The minimum atomic E-state index is -0.801. The molecule has 2 N–H and O–H groups in total. The molecule has 2 amide bonds. The Balaban J connectivity index is 2.00. The number of amides is 2. The van der Waals surface area contributed by atoms with E-state index in [1.54, 1.807) is 25.2 Å². The Morgan fingerprint density at radius 1 is 1.20 bits per heavy atom. The lowest BCUT2D eigenvalue weighted by molar-refractivity contribution is -0.134. The van der Waals surface area contributed by atoms with Crippen molar-refractivity contribution < 1.29 is 19.1 Å². The third-order valence-corrected chi connectivity index (χ3v) is 6.13. The number of methoxy groups -OCH3 is 2. The van der Waals surface area contributed by atoms with Gasteiger partial charge in [-0.15, -0.1) is 0 Å². The number of nitrogens with one attached hydrogen (secondary N) is 2. The van der Waals surface area contributed by atoms with E-state index in [0.29, 0.717) is 36.8 Å². The van der Waals surface area contributed by atoms with Gasteiger partial charge in [0, 0.05) is 37.3 Å². The minimum Gasteiger partial charge on any atom is -0.496 e. The number of nitrogens with zero attached hydrogens (tertiary/aromatic N) is 1. The predicted molar refractivity (Wildman–Crippen MR) is 118 cm³/mol. The number of hydrogen-bond acceptors (Lipinski definition) is 5. The van der Waals surface area contributed by atoms with Crippen LogP contribution in [-0.2, 0) is 9.59 Å². The van der Waals surface area contributed by atoms with Crippen LogP contribution in [0.4, 0.5) is 5.69 Å². The summed E-state index contributed by atoms with van der Waals surface area (Å²) in [6.07, 6.45) is 7.61. The van der Waals surface area contributed by atoms with Gasteiger partial charge in [-0.25, -0.2) is 0 Å². The molecule has 1 fully saturated rings. The highest BCUT2D eigenvalue weighted by atomic mass is 16.5. The van der Waals surface area contributed by atoms with Gasteiger partial charge in [-0.05, 0) is 44.9 Å². The quantitative estimate of drug-likeness (QED) is 0.773. The molecule has 2 aliphatic rings. The maximum absolute atomic E-state index is 13.3. The van der Waals surface area contributed by atoms with Crippen LogP contribution in [0.5, 0.6) is 11.5 Å². The highest BCUT2D eigenvalue weighted by Crippen LogP contribution is 2.38. The van der Waals surface area contributed by atoms with Crippen molar-refractivity contribution in [2.45, 2.75) is 45.6 Å². The van der Waals surface area contributed by atoms with Crippen LogP contribution < -0.4 is 20.1 Å². The molecule has 1 aromatic rings. The molecule has 0 bridgehead atoms. The Morgan fingerprint density at radius 2 is 1.87 bits per heavy atom. The molecule has 1 unspecified atom stereocenters. The number of carbonyl (C=O) groups excluding carboxylic acids is 2. The van der Waals surface area contributed by atoms with Crippen LogP contribution in [0, 0.1) is 5.41 Å². The summed E-state index contributed by atoms with van der Waals surface area (Å²) in [5.74, 6) is 1.11. The zero-order valence-corrected chi connectivity index (χ0v) is 18.4. The minimum absolute atomic E-state index is 0.0267. The molecule has 3 rings (SSSR count). The molecule has 0 spiro atoms. The summed E-state index contributed by atoms with van der Waals surface area (Å²) in [4.78, 5) is 27.9. The van der Waals surface area contributed by atoms with E-state index < -0.39 is 5.41 Å². The van der Waals surface area contributed by atoms with Crippen molar-refractivity contribution in [2.24, 2.45) is 5.41 Å². The molecule has 164 valence electrons. The first-order chi connectivity index (χ1) is 14.4. The summed E-state index contributed by atoms with van der Waals surface area (Å²) < 4.78 is 11.0. The topological polar surface area (TPSA) is 79.9 Å². The van der Waals surface area contributed by atoms with Crippen molar-refractivity contribution >= 4 is 23.6 Å². The molecule has 7 nitrogen and oxygen atoms in total. The van der Waals surface area contributed by atoms with Crippen LogP contribution in [0.25, 0.3) is 6.08 Å². The van der Waals surface area contributed by atoms with E-state index in [-0.39, 0.29) is 17.9 Å². The molecule has 0 radical (unpaired) electrons. The smallest absolute Gasteiger partial charge is 0.246 e. The normalized spacial score (nSPS) is 23.3. The van der Waals surface area contributed by atoms with Crippen molar-refractivity contribution in [2.75, 3.05) is 39.2 Å². The first-order valence-corrected chi connectivity index (χ1v) is 10.7. The Bertz CT molecular complexity index is 817. The summed E-state index contributed by atoms with van der Waals surface area (Å²) in [7, 11) is 3.19. The second-order valence-corrected chi connectivity index (χ2v) is 8.31.